The largest absolute Gasteiger partial charge is 0.356 e. The fraction of sp³-hybridized carbons (Fsp3) is 0.733. The number of aromatic nitrogens is 2. The molecule has 0 amide bonds. The lowest BCUT2D eigenvalue weighted by Crippen LogP contribution is -2.35. The number of piperidine rings is 1. The van der Waals surface area contributed by atoms with E-state index in [-0.39, 0.29) is 0 Å². The van der Waals surface area contributed by atoms with E-state index >= 15 is 0 Å². The minimum atomic E-state index is 0.769. The molecule has 0 spiro atoms. The molecule has 0 N–H and O–H groups in total. The highest BCUT2D eigenvalue weighted by molar-refractivity contribution is 5.43. The third-order valence-corrected chi connectivity index (χ3v) is 3.80. The molecular formula is C15H26N4. The van der Waals surface area contributed by atoms with Gasteiger partial charge in [0.1, 0.15) is 5.82 Å². The van der Waals surface area contributed by atoms with Crippen molar-refractivity contribution in [1.29, 1.82) is 0 Å². The van der Waals surface area contributed by atoms with Crippen molar-refractivity contribution < 1.29 is 0 Å². The van der Waals surface area contributed by atoms with Crippen molar-refractivity contribution in [3.8, 4) is 0 Å². The first-order chi connectivity index (χ1) is 9.20. The average molecular weight is 262 g/mol. The molecule has 0 saturated carbocycles. The average Bonchev–Trinajstić information content (AvgIpc) is 2.45. The van der Waals surface area contributed by atoms with Gasteiger partial charge in [-0.25, -0.2) is 4.98 Å². The van der Waals surface area contributed by atoms with Crippen LogP contribution in [0.5, 0.6) is 0 Å². The molecule has 0 aliphatic carbocycles. The topological polar surface area (TPSA) is 32.3 Å². The lowest BCUT2D eigenvalue weighted by molar-refractivity contribution is 0.444. The molecule has 19 heavy (non-hydrogen) atoms. The second-order valence-electron chi connectivity index (χ2n) is 5.68. The van der Waals surface area contributed by atoms with Crippen molar-refractivity contribution in [1.82, 2.24) is 9.97 Å². The Morgan fingerprint density at radius 3 is 3.05 bits per heavy atom. The van der Waals surface area contributed by atoms with Gasteiger partial charge in [0, 0.05) is 32.9 Å². The van der Waals surface area contributed by atoms with E-state index in [0.717, 1.165) is 37.3 Å². The number of unbranched alkanes of at least 4 members (excludes halogenated alkanes) is 1. The molecule has 1 atom stereocenters. The van der Waals surface area contributed by atoms with Crippen LogP contribution in [0.2, 0.25) is 0 Å². The molecule has 4 heteroatoms. The number of hydrogen-bond acceptors (Lipinski definition) is 4. The van der Waals surface area contributed by atoms with Gasteiger partial charge in [-0.15, -0.1) is 0 Å². The van der Waals surface area contributed by atoms with Crippen molar-refractivity contribution in [2.24, 2.45) is 5.92 Å². The molecule has 0 aromatic carbocycles. The fourth-order valence-corrected chi connectivity index (χ4v) is 2.59. The predicted octanol–water partition coefficient (Wildman–Crippen LogP) is 2.95. The zero-order valence-corrected chi connectivity index (χ0v) is 12.5. The molecule has 1 fully saturated rings. The van der Waals surface area contributed by atoms with E-state index in [0.29, 0.717) is 0 Å². The third-order valence-electron chi connectivity index (χ3n) is 3.80. The number of hydrogen-bond donors (Lipinski definition) is 0. The van der Waals surface area contributed by atoms with E-state index in [9.17, 15) is 0 Å². The van der Waals surface area contributed by atoms with Crippen molar-refractivity contribution >= 4 is 11.8 Å². The summed E-state index contributed by atoms with van der Waals surface area (Å²) in [5, 5.41) is 0. The van der Waals surface area contributed by atoms with Crippen LogP contribution in [0.4, 0.5) is 11.8 Å². The fourth-order valence-electron chi connectivity index (χ4n) is 2.59. The van der Waals surface area contributed by atoms with Gasteiger partial charge in [0.05, 0.1) is 0 Å². The summed E-state index contributed by atoms with van der Waals surface area (Å²) in [4.78, 5) is 13.7. The van der Waals surface area contributed by atoms with Gasteiger partial charge >= 0.3 is 0 Å². The third kappa shape index (κ3) is 3.82. The van der Waals surface area contributed by atoms with Gasteiger partial charge in [-0.2, -0.15) is 4.98 Å². The summed E-state index contributed by atoms with van der Waals surface area (Å²) in [6, 6.07) is 2.04. The highest BCUT2D eigenvalue weighted by atomic mass is 15.3. The standard InChI is InChI=1S/C15H26N4/c1-4-5-10-18(3)15-16-9-8-14(17-15)19-11-6-7-13(2)12-19/h8-9,13H,4-7,10-12H2,1-3H3. The second kappa shape index (κ2) is 6.73. The smallest absolute Gasteiger partial charge is 0.226 e. The van der Waals surface area contributed by atoms with Gasteiger partial charge < -0.3 is 9.80 Å². The zero-order chi connectivity index (χ0) is 13.7. The molecule has 2 heterocycles. The van der Waals surface area contributed by atoms with Gasteiger partial charge in [0.15, 0.2) is 0 Å². The van der Waals surface area contributed by atoms with Crippen molar-refractivity contribution in [2.45, 2.75) is 39.5 Å². The molecule has 106 valence electrons. The molecule has 1 aliphatic heterocycles. The van der Waals surface area contributed by atoms with E-state index in [4.69, 9.17) is 4.98 Å². The molecule has 2 rings (SSSR count). The van der Waals surface area contributed by atoms with Crippen LogP contribution < -0.4 is 9.80 Å². The number of rotatable bonds is 5. The predicted molar refractivity (Wildman–Crippen MR) is 80.8 cm³/mol. The lowest BCUT2D eigenvalue weighted by atomic mass is 10.0. The molecule has 1 unspecified atom stereocenters. The summed E-state index contributed by atoms with van der Waals surface area (Å²) in [5.74, 6) is 2.70. The first-order valence-electron chi connectivity index (χ1n) is 7.50. The van der Waals surface area contributed by atoms with E-state index in [1.54, 1.807) is 0 Å². The number of anilines is 2. The Morgan fingerprint density at radius 1 is 1.47 bits per heavy atom. The van der Waals surface area contributed by atoms with Crippen LogP contribution in [-0.4, -0.2) is 36.6 Å². The summed E-state index contributed by atoms with van der Waals surface area (Å²) in [6.07, 6.45) is 6.88. The van der Waals surface area contributed by atoms with Crippen LogP contribution >= 0.6 is 0 Å². The van der Waals surface area contributed by atoms with E-state index in [1.165, 1.54) is 25.7 Å². The van der Waals surface area contributed by atoms with E-state index in [1.807, 2.05) is 12.3 Å². The van der Waals surface area contributed by atoms with Crippen LogP contribution in [0, 0.1) is 5.92 Å². The first kappa shape index (κ1) is 14.1. The van der Waals surface area contributed by atoms with Gasteiger partial charge in [0.2, 0.25) is 5.95 Å². The molecule has 1 aromatic rings. The van der Waals surface area contributed by atoms with Gasteiger partial charge in [-0.1, -0.05) is 20.3 Å². The highest BCUT2D eigenvalue weighted by Crippen LogP contribution is 2.22. The quantitative estimate of drug-likeness (QED) is 0.816. The van der Waals surface area contributed by atoms with E-state index in [2.05, 4.69) is 35.7 Å². The summed E-state index contributed by atoms with van der Waals surface area (Å²) in [5.41, 5.74) is 0. The molecular weight excluding hydrogens is 236 g/mol. The number of nitrogens with zero attached hydrogens (tertiary/aromatic N) is 4. The van der Waals surface area contributed by atoms with Crippen LogP contribution in [0.1, 0.15) is 39.5 Å². The van der Waals surface area contributed by atoms with Crippen LogP contribution in [0.15, 0.2) is 12.3 Å². The Hall–Kier alpha value is -1.32. The van der Waals surface area contributed by atoms with Gasteiger partial charge in [-0.3, -0.25) is 0 Å². The SMILES string of the molecule is CCCCN(C)c1nccc(N2CCCC(C)C2)n1. The first-order valence-corrected chi connectivity index (χ1v) is 7.50. The normalized spacial score (nSPS) is 19.5. The van der Waals surface area contributed by atoms with Gasteiger partial charge in [0.25, 0.3) is 0 Å². The minimum absolute atomic E-state index is 0.769. The maximum absolute atomic E-state index is 4.72. The summed E-state index contributed by atoms with van der Waals surface area (Å²) >= 11 is 0. The maximum atomic E-state index is 4.72. The second-order valence-corrected chi connectivity index (χ2v) is 5.68. The van der Waals surface area contributed by atoms with E-state index < -0.39 is 0 Å². The van der Waals surface area contributed by atoms with Gasteiger partial charge in [-0.05, 0) is 31.2 Å². The van der Waals surface area contributed by atoms with Crippen LogP contribution in [-0.2, 0) is 0 Å². The molecule has 0 radical (unpaired) electrons. The van der Waals surface area contributed by atoms with Crippen molar-refractivity contribution in [3.05, 3.63) is 12.3 Å². The molecule has 1 aromatic heterocycles. The van der Waals surface area contributed by atoms with Crippen LogP contribution in [0.3, 0.4) is 0 Å². The summed E-state index contributed by atoms with van der Waals surface area (Å²) in [7, 11) is 2.08. The van der Waals surface area contributed by atoms with Crippen molar-refractivity contribution in [2.75, 3.05) is 36.5 Å². The Morgan fingerprint density at radius 2 is 2.32 bits per heavy atom. The maximum Gasteiger partial charge on any atom is 0.226 e. The molecule has 4 nitrogen and oxygen atoms in total. The Kier molecular flexibility index (Phi) is 5.00. The summed E-state index contributed by atoms with van der Waals surface area (Å²) < 4.78 is 0. The summed E-state index contributed by atoms with van der Waals surface area (Å²) in [6.45, 7) is 7.80. The Labute approximate surface area is 116 Å². The minimum Gasteiger partial charge on any atom is -0.356 e. The zero-order valence-electron chi connectivity index (χ0n) is 12.5. The lowest BCUT2D eigenvalue weighted by Gasteiger charge is -2.32. The Balaban J connectivity index is 2.05. The molecule has 1 aliphatic rings. The van der Waals surface area contributed by atoms with Crippen LogP contribution in [0.25, 0.3) is 0 Å². The molecule has 1 saturated heterocycles. The Bertz CT molecular complexity index is 393. The highest BCUT2D eigenvalue weighted by Gasteiger charge is 2.18. The monoisotopic (exact) mass is 262 g/mol. The van der Waals surface area contributed by atoms with Crippen molar-refractivity contribution in [3.63, 3.8) is 0 Å². The molecule has 0 bridgehead atoms.